The van der Waals surface area contributed by atoms with Crippen LogP contribution in [0.5, 0.6) is 0 Å². The fraction of sp³-hybridized carbons (Fsp3) is 0.0476. The second kappa shape index (κ2) is 7.72. The zero-order chi connectivity index (χ0) is 18.8. The molecule has 0 saturated heterocycles. The highest BCUT2D eigenvalue weighted by molar-refractivity contribution is 7.98. The molecule has 2 heterocycles. The molecule has 2 N–H and O–H groups in total. The number of hydrogen-bond acceptors (Lipinski definition) is 5. The molecule has 6 heteroatoms. The minimum absolute atomic E-state index is 0.490. The van der Waals surface area contributed by atoms with Gasteiger partial charge in [-0.3, -0.25) is 0 Å². The number of pyridine rings is 1. The van der Waals surface area contributed by atoms with E-state index < -0.39 is 0 Å². The lowest BCUT2D eigenvalue weighted by Crippen LogP contribution is -1.89. The minimum atomic E-state index is 0.490. The van der Waals surface area contributed by atoms with Crippen molar-refractivity contribution in [3.63, 3.8) is 0 Å². The fourth-order valence-corrected chi connectivity index (χ4v) is 4.48. The standard InChI is InChI=1S/C21H16ClN3S2/c1-26-17-7-5-13(6-8-17)21-25-19(14-3-2-4-16(22)11-14)20(27-21)15-9-10-24-18(23)12-15/h2-12H,1H3,(H2,23,24). The molecule has 0 amide bonds. The second-order valence-electron chi connectivity index (χ2n) is 5.90. The fourth-order valence-electron chi connectivity index (χ4n) is 2.79. The molecule has 134 valence electrons. The molecular weight excluding hydrogens is 394 g/mol. The maximum Gasteiger partial charge on any atom is 0.124 e. The van der Waals surface area contributed by atoms with Crippen LogP contribution in [0.1, 0.15) is 0 Å². The van der Waals surface area contributed by atoms with Gasteiger partial charge in [0, 0.05) is 27.2 Å². The topological polar surface area (TPSA) is 51.8 Å². The Hall–Kier alpha value is -2.34. The van der Waals surface area contributed by atoms with Crippen molar-refractivity contribution in [3.8, 4) is 32.3 Å². The summed E-state index contributed by atoms with van der Waals surface area (Å²) in [5, 5.41) is 1.65. The molecule has 0 aliphatic carbocycles. The number of anilines is 1. The van der Waals surface area contributed by atoms with Crippen LogP contribution in [-0.2, 0) is 0 Å². The van der Waals surface area contributed by atoms with Crippen LogP contribution in [0.25, 0.3) is 32.3 Å². The van der Waals surface area contributed by atoms with Crippen LogP contribution >= 0.6 is 34.7 Å². The summed E-state index contributed by atoms with van der Waals surface area (Å²) >= 11 is 9.59. The van der Waals surface area contributed by atoms with Crippen LogP contribution in [0.15, 0.2) is 71.8 Å². The zero-order valence-electron chi connectivity index (χ0n) is 14.5. The molecule has 4 rings (SSSR count). The first-order chi connectivity index (χ1) is 13.1. The van der Waals surface area contributed by atoms with Crippen LogP contribution in [-0.4, -0.2) is 16.2 Å². The Labute approximate surface area is 171 Å². The predicted octanol–water partition coefficient (Wildman–Crippen LogP) is 6.50. The van der Waals surface area contributed by atoms with Gasteiger partial charge in [-0.05, 0) is 48.2 Å². The molecule has 0 bridgehead atoms. The van der Waals surface area contributed by atoms with E-state index in [2.05, 4.69) is 35.5 Å². The SMILES string of the molecule is CSc1ccc(-c2nc(-c3cccc(Cl)c3)c(-c3ccnc(N)c3)s2)cc1. The molecule has 0 aliphatic heterocycles. The normalized spacial score (nSPS) is 10.9. The van der Waals surface area contributed by atoms with Gasteiger partial charge >= 0.3 is 0 Å². The average molecular weight is 410 g/mol. The summed E-state index contributed by atoms with van der Waals surface area (Å²) in [5.41, 5.74) is 9.88. The number of nitrogens with two attached hydrogens (primary N) is 1. The van der Waals surface area contributed by atoms with E-state index in [9.17, 15) is 0 Å². The molecule has 0 atom stereocenters. The van der Waals surface area contributed by atoms with Crippen molar-refractivity contribution >= 4 is 40.5 Å². The van der Waals surface area contributed by atoms with Crippen molar-refractivity contribution in [2.24, 2.45) is 0 Å². The number of hydrogen-bond donors (Lipinski definition) is 1. The monoisotopic (exact) mass is 409 g/mol. The summed E-state index contributed by atoms with van der Waals surface area (Å²) in [6.45, 7) is 0. The Balaban J connectivity index is 1.88. The molecule has 0 aliphatic rings. The number of thiazole rings is 1. The van der Waals surface area contributed by atoms with E-state index in [1.54, 1.807) is 29.3 Å². The van der Waals surface area contributed by atoms with Crippen LogP contribution in [0.2, 0.25) is 5.02 Å². The highest BCUT2D eigenvalue weighted by Crippen LogP contribution is 2.41. The summed E-state index contributed by atoms with van der Waals surface area (Å²) in [5.74, 6) is 0.490. The van der Waals surface area contributed by atoms with Gasteiger partial charge in [0.25, 0.3) is 0 Å². The highest BCUT2D eigenvalue weighted by atomic mass is 35.5. The van der Waals surface area contributed by atoms with Crippen molar-refractivity contribution in [2.75, 3.05) is 12.0 Å². The molecule has 2 aromatic carbocycles. The summed E-state index contributed by atoms with van der Waals surface area (Å²) < 4.78 is 0. The van der Waals surface area contributed by atoms with Crippen molar-refractivity contribution in [3.05, 3.63) is 71.9 Å². The van der Waals surface area contributed by atoms with Gasteiger partial charge in [-0.15, -0.1) is 23.1 Å². The molecule has 3 nitrogen and oxygen atoms in total. The van der Waals surface area contributed by atoms with E-state index in [1.165, 1.54) is 4.90 Å². The Kier molecular flexibility index (Phi) is 5.16. The van der Waals surface area contributed by atoms with Crippen LogP contribution in [0.4, 0.5) is 5.82 Å². The maximum atomic E-state index is 6.22. The molecule has 0 fully saturated rings. The van der Waals surface area contributed by atoms with Gasteiger partial charge in [0.05, 0.1) is 10.6 Å². The number of halogens is 1. The van der Waals surface area contributed by atoms with Crippen molar-refractivity contribution in [2.45, 2.75) is 4.90 Å². The molecule has 2 aromatic heterocycles. The van der Waals surface area contributed by atoms with E-state index in [0.717, 1.165) is 32.3 Å². The van der Waals surface area contributed by atoms with Crippen molar-refractivity contribution in [1.29, 1.82) is 0 Å². The largest absolute Gasteiger partial charge is 0.384 e. The minimum Gasteiger partial charge on any atom is -0.384 e. The Morgan fingerprint density at radius 1 is 0.963 bits per heavy atom. The maximum absolute atomic E-state index is 6.22. The van der Waals surface area contributed by atoms with Crippen LogP contribution in [0.3, 0.4) is 0 Å². The molecule has 27 heavy (non-hydrogen) atoms. The number of thioether (sulfide) groups is 1. The Morgan fingerprint density at radius 2 is 1.78 bits per heavy atom. The third-order valence-electron chi connectivity index (χ3n) is 4.11. The molecule has 0 spiro atoms. The lowest BCUT2D eigenvalue weighted by atomic mass is 10.1. The second-order valence-corrected chi connectivity index (χ2v) is 8.22. The Bertz CT molecular complexity index is 1030. The molecular formula is C21H16ClN3S2. The number of nitrogens with zero attached hydrogens (tertiary/aromatic N) is 2. The molecule has 4 aromatic rings. The van der Waals surface area contributed by atoms with Gasteiger partial charge in [-0.25, -0.2) is 9.97 Å². The zero-order valence-corrected chi connectivity index (χ0v) is 16.9. The average Bonchev–Trinajstić information content (AvgIpc) is 3.14. The van der Waals surface area contributed by atoms with Crippen molar-refractivity contribution in [1.82, 2.24) is 9.97 Å². The molecule has 0 saturated carbocycles. The van der Waals surface area contributed by atoms with Crippen LogP contribution in [0, 0.1) is 0 Å². The van der Waals surface area contributed by atoms with Gasteiger partial charge in [0.15, 0.2) is 0 Å². The number of rotatable bonds is 4. The summed E-state index contributed by atoms with van der Waals surface area (Å²) in [6, 6.07) is 20.0. The molecule has 0 unspecified atom stereocenters. The summed E-state index contributed by atoms with van der Waals surface area (Å²) in [7, 11) is 0. The number of nitrogen functional groups attached to an aromatic ring is 1. The highest BCUT2D eigenvalue weighted by Gasteiger charge is 2.17. The number of benzene rings is 2. The molecule has 0 radical (unpaired) electrons. The van der Waals surface area contributed by atoms with E-state index in [1.807, 2.05) is 36.4 Å². The Morgan fingerprint density at radius 3 is 2.48 bits per heavy atom. The predicted molar refractivity (Wildman–Crippen MR) is 117 cm³/mol. The lowest BCUT2D eigenvalue weighted by Gasteiger charge is -2.04. The summed E-state index contributed by atoms with van der Waals surface area (Å²) in [4.78, 5) is 11.3. The first-order valence-corrected chi connectivity index (χ1v) is 10.7. The van der Waals surface area contributed by atoms with E-state index >= 15 is 0 Å². The van der Waals surface area contributed by atoms with Gasteiger partial charge in [-0.2, -0.15) is 0 Å². The van der Waals surface area contributed by atoms with Crippen LogP contribution < -0.4 is 5.73 Å². The third-order valence-corrected chi connectivity index (χ3v) is 6.24. The van der Waals surface area contributed by atoms with Gasteiger partial charge in [0.2, 0.25) is 0 Å². The lowest BCUT2D eigenvalue weighted by molar-refractivity contribution is 1.34. The van der Waals surface area contributed by atoms with Gasteiger partial charge in [-0.1, -0.05) is 35.9 Å². The quantitative estimate of drug-likeness (QED) is 0.391. The van der Waals surface area contributed by atoms with Gasteiger partial charge < -0.3 is 5.73 Å². The smallest absolute Gasteiger partial charge is 0.124 e. The van der Waals surface area contributed by atoms with E-state index in [-0.39, 0.29) is 0 Å². The third kappa shape index (κ3) is 3.86. The van der Waals surface area contributed by atoms with E-state index in [4.69, 9.17) is 22.3 Å². The first kappa shape index (κ1) is 18.0. The first-order valence-electron chi connectivity index (χ1n) is 8.27. The van der Waals surface area contributed by atoms with E-state index in [0.29, 0.717) is 10.8 Å². The van der Waals surface area contributed by atoms with Crippen molar-refractivity contribution < 1.29 is 0 Å². The summed E-state index contributed by atoms with van der Waals surface area (Å²) in [6.07, 6.45) is 3.79. The number of aromatic nitrogens is 2. The van der Waals surface area contributed by atoms with Gasteiger partial charge in [0.1, 0.15) is 10.8 Å².